The fraction of sp³-hybridized carbons (Fsp3) is 0.417. The topological polar surface area (TPSA) is 58.6 Å². The normalized spacial score (nSPS) is 14.7. The third kappa shape index (κ3) is 7.16. The van der Waals surface area contributed by atoms with Crippen LogP contribution in [0.5, 0.6) is 5.75 Å². The highest BCUT2D eigenvalue weighted by atomic mass is 35.5. The number of benzene rings is 2. The zero-order valence-corrected chi connectivity index (χ0v) is 21.3. The van der Waals surface area contributed by atoms with E-state index in [-0.39, 0.29) is 31.0 Å². The number of nitrogens with one attached hydrogen (secondary N) is 1. The van der Waals surface area contributed by atoms with Crippen LogP contribution in [-0.4, -0.2) is 35.4 Å². The van der Waals surface area contributed by atoms with Crippen molar-refractivity contribution < 1.29 is 14.3 Å². The van der Waals surface area contributed by atoms with Crippen LogP contribution in [0.1, 0.15) is 44.6 Å². The van der Waals surface area contributed by atoms with E-state index >= 15 is 0 Å². The first-order valence-electron chi connectivity index (χ1n) is 10.9. The molecule has 9 heteroatoms. The molecule has 2 aromatic carbocycles. The van der Waals surface area contributed by atoms with Crippen LogP contribution >= 0.6 is 46.4 Å². The summed E-state index contributed by atoms with van der Waals surface area (Å²) in [7, 11) is 0. The number of hydrogen-bond donors (Lipinski definition) is 1. The lowest BCUT2D eigenvalue weighted by atomic mass is 10.1. The number of nitrogens with zero attached hydrogens (tertiary/aromatic N) is 1. The van der Waals surface area contributed by atoms with Gasteiger partial charge in [-0.05, 0) is 55.2 Å². The van der Waals surface area contributed by atoms with Crippen molar-refractivity contribution in [3.05, 3.63) is 62.1 Å². The molecule has 3 rings (SSSR count). The molecule has 1 atom stereocenters. The third-order valence-electron chi connectivity index (χ3n) is 5.69. The molecule has 1 fully saturated rings. The Labute approximate surface area is 214 Å². The van der Waals surface area contributed by atoms with Gasteiger partial charge in [0, 0.05) is 27.7 Å². The maximum absolute atomic E-state index is 13.3. The first-order chi connectivity index (χ1) is 15.8. The lowest BCUT2D eigenvalue weighted by Crippen LogP contribution is -2.52. The van der Waals surface area contributed by atoms with Gasteiger partial charge in [-0.2, -0.15) is 0 Å². The molecule has 1 aliphatic rings. The van der Waals surface area contributed by atoms with E-state index in [1.807, 2.05) is 6.92 Å². The minimum absolute atomic E-state index is 0.142. The second-order valence-electron chi connectivity index (χ2n) is 8.03. The van der Waals surface area contributed by atoms with E-state index in [4.69, 9.17) is 51.1 Å². The average Bonchev–Trinajstić information content (AvgIpc) is 3.27. The minimum atomic E-state index is -0.672. The molecule has 0 unspecified atom stereocenters. The van der Waals surface area contributed by atoms with Crippen LogP contribution in [0.15, 0.2) is 36.4 Å². The molecule has 1 N–H and O–H groups in total. The van der Waals surface area contributed by atoms with Crippen molar-refractivity contribution in [2.24, 2.45) is 0 Å². The van der Waals surface area contributed by atoms with Crippen molar-refractivity contribution in [3.63, 3.8) is 0 Å². The second kappa shape index (κ2) is 12.2. The summed E-state index contributed by atoms with van der Waals surface area (Å²) in [6.07, 6.45) is 4.55. The number of hydrogen-bond acceptors (Lipinski definition) is 3. The number of amides is 2. The SMILES string of the molecule is CC[C@H](C(=O)NC1CCCC1)N(Cc1ccc(Cl)cc1Cl)C(=O)COc1ccc(Cl)cc1Cl. The molecule has 1 aliphatic carbocycles. The quantitative estimate of drug-likeness (QED) is 0.399. The number of carbonyl (C=O) groups is 2. The van der Waals surface area contributed by atoms with Crippen molar-refractivity contribution in [3.8, 4) is 5.75 Å². The van der Waals surface area contributed by atoms with E-state index in [1.165, 1.54) is 11.0 Å². The highest BCUT2D eigenvalue weighted by Crippen LogP contribution is 2.28. The molecule has 0 radical (unpaired) electrons. The number of halogens is 4. The number of rotatable bonds is 9. The van der Waals surface area contributed by atoms with Crippen LogP contribution in [0.2, 0.25) is 20.1 Å². The Bertz CT molecular complexity index is 996. The van der Waals surface area contributed by atoms with Gasteiger partial charge in [-0.1, -0.05) is 72.2 Å². The summed E-state index contributed by atoms with van der Waals surface area (Å²) in [5.41, 5.74) is 0.686. The van der Waals surface area contributed by atoms with Gasteiger partial charge in [-0.15, -0.1) is 0 Å². The minimum Gasteiger partial charge on any atom is -0.482 e. The fourth-order valence-electron chi connectivity index (χ4n) is 3.94. The van der Waals surface area contributed by atoms with Crippen LogP contribution < -0.4 is 10.1 Å². The Kier molecular flexibility index (Phi) is 9.57. The predicted molar refractivity (Wildman–Crippen MR) is 133 cm³/mol. The van der Waals surface area contributed by atoms with E-state index in [9.17, 15) is 9.59 Å². The van der Waals surface area contributed by atoms with Crippen molar-refractivity contribution >= 4 is 58.2 Å². The Hall–Kier alpha value is -1.66. The molecule has 0 aromatic heterocycles. The molecule has 0 bridgehead atoms. The van der Waals surface area contributed by atoms with Gasteiger partial charge in [0.15, 0.2) is 6.61 Å². The Morgan fingerprint density at radius 1 is 1.03 bits per heavy atom. The van der Waals surface area contributed by atoms with Crippen molar-refractivity contribution in [2.45, 2.75) is 57.7 Å². The molecule has 2 amide bonds. The van der Waals surface area contributed by atoms with Gasteiger partial charge < -0.3 is 15.0 Å². The van der Waals surface area contributed by atoms with Crippen molar-refractivity contribution in [1.82, 2.24) is 10.2 Å². The van der Waals surface area contributed by atoms with Crippen molar-refractivity contribution in [2.75, 3.05) is 6.61 Å². The van der Waals surface area contributed by atoms with Gasteiger partial charge in [0.1, 0.15) is 11.8 Å². The lowest BCUT2D eigenvalue weighted by Gasteiger charge is -2.31. The molecule has 0 aliphatic heterocycles. The third-order valence-corrected chi connectivity index (χ3v) is 6.81. The van der Waals surface area contributed by atoms with E-state index in [2.05, 4.69) is 5.32 Å². The first kappa shape index (κ1) is 26.0. The summed E-state index contributed by atoms with van der Waals surface area (Å²) in [6.45, 7) is 1.72. The maximum atomic E-state index is 13.3. The molecule has 0 spiro atoms. The summed E-state index contributed by atoms with van der Waals surface area (Å²) in [5.74, 6) is -0.199. The van der Waals surface area contributed by atoms with Crippen LogP contribution in [0, 0.1) is 0 Å². The second-order valence-corrected chi connectivity index (χ2v) is 9.72. The van der Waals surface area contributed by atoms with E-state index in [0.717, 1.165) is 25.7 Å². The maximum Gasteiger partial charge on any atom is 0.261 e. The Balaban J connectivity index is 1.80. The van der Waals surface area contributed by atoms with E-state index < -0.39 is 6.04 Å². The summed E-state index contributed by atoms with van der Waals surface area (Å²) in [6, 6.07) is 9.31. The lowest BCUT2D eigenvalue weighted by molar-refractivity contribution is -0.143. The van der Waals surface area contributed by atoms with Crippen LogP contribution in [0.4, 0.5) is 0 Å². The molecular weight excluding hydrogens is 506 g/mol. The number of carbonyl (C=O) groups excluding carboxylic acids is 2. The van der Waals surface area contributed by atoms with Crippen molar-refractivity contribution in [1.29, 1.82) is 0 Å². The summed E-state index contributed by atoms with van der Waals surface area (Å²) in [5, 5.41) is 4.78. The standard InChI is InChI=1S/C24H26Cl4N2O3/c1-2-21(24(32)29-18-5-3-4-6-18)30(13-15-7-8-16(25)11-19(15)27)23(31)14-33-22-10-9-17(26)12-20(22)28/h7-12,18,21H,2-6,13-14H2,1H3,(H,29,32)/t21-/m1/s1. The Morgan fingerprint density at radius 3 is 2.27 bits per heavy atom. The molecule has 0 saturated heterocycles. The molecule has 178 valence electrons. The highest BCUT2D eigenvalue weighted by molar-refractivity contribution is 6.35. The zero-order valence-electron chi connectivity index (χ0n) is 18.3. The average molecular weight is 532 g/mol. The molecule has 5 nitrogen and oxygen atoms in total. The van der Waals surface area contributed by atoms with Gasteiger partial charge in [-0.3, -0.25) is 9.59 Å². The smallest absolute Gasteiger partial charge is 0.261 e. The molecule has 2 aromatic rings. The van der Waals surface area contributed by atoms with Crippen LogP contribution in [0.3, 0.4) is 0 Å². The summed E-state index contributed by atoms with van der Waals surface area (Å²) in [4.78, 5) is 27.9. The predicted octanol–water partition coefficient (Wildman–Crippen LogP) is 6.55. The van der Waals surface area contributed by atoms with Crippen LogP contribution in [-0.2, 0) is 16.1 Å². The Morgan fingerprint density at radius 2 is 1.67 bits per heavy atom. The molecular formula is C24H26Cl4N2O3. The molecule has 1 saturated carbocycles. The summed E-state index contributed by atoms with van der Waals surface area (Å²) < 4.78 is 5.66. The van der Waals surface area contributed by atoms with Gasteiger partial charge in [-0.25, -0.2) is 0 Å². The highest BCUT2D eigenvalue weighted by Gasteiger charge is 2.31. The van der Waals surface area contributed by atoms with Gasteiger partial charge in [0.2, 0.25) is 5.91 Å². The first-order valence-corrected chi connectivity index (χ1v) is 12.4. The van der Waals surface area contributed by atoms with Gasteiger partial charge >= 0.3 is 0 Å². The van der Waals surface area contributed by atoms with Gasteiger partial charge in [0.05, 0.1) is 5.02 Å². The van der Waals surface area contributed by atoms with E-state index in [0.29, 0.717) is 37.8 Å². The van der Waals surface area contributed by atoms with E-state index in [1.54, 1.807) is 30.3 Å². The van der Waals surface area contributed by atoms with Crippen LogP contribution in [0.25, 0.3) is 0 Å². The molecule has 0 heterocycles. The molecule has 33 heavy (non-hydrogen) atoms. The zero-order chi connectivity index (χ0) is 24.0. The monoisotopic (exact) mass is 530 g/mol. The van der Waals surface area contributed by atoms with Gasteiger partial charge in [0.25, 0.3) is 5.91 Å². The number of ether oxygens (including phenoxy) is 1. The largest absolute Gasteiger partial charge is 0.482 e. The fourth-order valence-corrected chi connectivity index (χ4v) is 4.87. The summed E-state index contributed by atoms with van der Waals surface area (Å²) >= 11 is 24.5.